The Morgan fingerprint density at radius 2 is 1.95 bits per heavy atom. The monoisotopic (exact) mass is 280 g/mol. The zero-order valence-corrected chi connectivity index (χ0v) is 13.4. The highest BCUT2D eigenvalue weighted by molar-refractivity contribution is 5.46. The molecule has 1 aromatic carbocycles. The Kier molecular flexibility index (Phi) is 7.41. The molecule has 1 unspecified atom stereocenters. The SMILES string of the molecule is CCNC(C)c1c(OC)cccc1OCCCN(C)C. The van der Waals surface area contributed by atoms with E-state index in [1.165, 1.54) is 0 Å². The van der Waals surface area contributed by atoms with Crippen molar-refractivity contribution in [2.75, 3.05) is 40.9 Å². The van der Waals surface area contributed by atoms with E-state index in [1.807, 2.05) is 18.2 Å². The number of hydrogen-bond acceptors (Lipinski definition) is 4. The summed E-state index contributed by atoms with van der Waals surface area (Å²) >= 11 is 0. The maximum Gasteiger partial charge on any atom is 0.127 e. The second-order valence-corrected chi connectivity index (χ2v) is 5.16. The molecule has 1 aromatic rings. The first kappa shape index (κ1) is 16.8. The predicted molar refractivity (Wildman–Crippen MR) is 83.8 cm³/mol. The number of ether oxygens (including phenoxy) is 2. The lowest BCUT2D eigenvalue weighted by molar-refractivity contribution is 0.275. The van der Waals surface area contributed by atoms with Gasteiger partial charge in [0.05, 0.1) is 19.3 Å². The summed E-state index contributed by atoms with van der Waals surface area (Å²) in [5, 5.41) is 3.42. The highest BCUT2D eigenvalue weighted by Gasteiger charge is 2.16. The number of nitrogens with one attached hydrogen (secondary N) is 1. The Morgan fingerprint density at radius 1 is 1.25 bits per heavy atom. The maximum atomic E-state index is 5.95. The number of nitrogens with zero attached hydrogens (tertiary/aromatic N) is 1. The summed E-state index contributed by atoms with van der Waals surface area (Å²) in [7, 11) is 5.85. The highest BCUT2D eigenvalue weighted by atomic mass is 16.5. The largest absolute Gasteiger partial charge is 0.496 e. The third-order valence-corrected chi connectivity index (χ3v) is 3.20. The van der Waals surface area contributed by atoms with Crippen LogP contribution < -0.4 is 14.8 Å². The van der Waals surface area contributed by atoms with Gasteiger partial charge in [-0.05, 0) is 46.1 Å². The van der Waals surface area contributed by atoms with Crippen molar-refractivity contribution in [3.63, 3.8) is 0 Å². The van der Waals surface area contributed by atoms with E-state index in [0.717, 1.165) is 43.2 Å². The van der Waals surface area contributed by atoms with Crippen molar-refractivity contribution in [1.82, 2.24) is 10.2 Å². The summed E-state index contributed by atoms with van der Waals surface area (Å²) in [4.78, 5) is 2.16. The molecule has 0 aliphatic rings. The van der Waals surface area contributed by atoms with Crippen LogP contribution in [-0.4, -0.2) is 45.8 Å². The standard InChI is InChI=1S/C16H28N2O2/c1-6-17-13(2)16-14(19-5)9-7-10-15(16)20-12-8-11-18(3)4/h7,9-10,13,17H,6,8,11-12H2,1-5H3. The van der Waals surface area contributed by atoms with Crippen LogP contribution in [0.25, 0.3) is 0 Å². The van der Waals surface area contributed by atoms with Crippen LogP contribution in [0, 0.1) is 0 Å². The Balaban J connectivity index is 2.78. The molecular formula is C16H28N2O2. The van der Waals surface area contributed by atoms with Crippen molar-refractivity contribution >= 4 is 0 Å². The lowest BCUT2D eigenvalue weighted by Crippen LogP contribution is -2.20. The molecule has 0 aliphatic heterocycles. The summed E-state index contributed by atoms with van der Waals surface area (Å²) < 4.78 is 11.4. The van der Waals surface area contributed by atoms with Crippen LogP contribution >= 0.6 is 0 Å². The first-order chi connectivity index (χ1) is 9.60. The molecule has 1 atom stereocenters. The zero-order chi connectivity index (χ0) is 15.0. The molecule has 1 N–H and O–H groups in total. The molecular weight excluding hydrogens is 252 g/mol. The van der Waals surface area contributed by atoms with Gasteiger partial charge in [-0.15, -0.1) is 0 Å². The smallest absolute Gasteiger partial charge is 0.127 e. The molecule has 0 aliphatic carbocycles. The van der Waals surface area contributed by atoms with Gasteiger partial charge in [-0.3, -0.25) is 0 Å². The van der Waals surface area contributed by atoms with E-state index in [1.54, 1.807) is 7.11 Å². The lowest BCUT2D eigenvalue weighted by Gasteiger charge is -2.20. The fourth-order valence-electron chi connectivity index (χ4n) is 2.23. The van der Waals surface area contributed by atoms with Gasteiger partial charge in [0.1, 0.15) is 11.5 Å². The molecule has 114 valence electrons. The quantitative estimate of drug-likeness (QED) is 0.705. The maximum absolute atomic E-state index is 5.95. The molecule has 0 fully saturated rings. The van der Waals surface area contributed by atoms with Crippen LogP contribution in [-0.2, 0) is 0 Å². The van der Waals surface area contributed by atoms with Gasteiger partial charge in [0.25, 0.3) is 0 Å². The summed E-state index contributed by atoms with van der Waals surface area (Å²) in [6.07, 6.45) is 1.01. The van der Waals surface area contributed by atoms with Crippen molar-refractivity contribution in [1.29, 1.82) is 0 Å². The fourth-order valence-corrected chi connectivity index (χ4v) is 2.23. The number of hydrogen-bond donors (Lipinski definition) is 1. The van der Waals surface area contributed by atoms with Crippen LogP contribution in [0.1, 0.15) is 31.9 Å². The molecule has 20 heavy (non-hydrogen) atoms. The molecule has 0 radical (unpaired) electrons. The average Bonchev–Trinajstić information content (AvgIpc) is 2.43. The minimum Gasteiger partial charge on any atom is -0.496 e. The second kappa shape index (κ2) is 8.82. The van der Waals surface area contributed by atoms with Crippen molar-refractivity contribution in [2.45, 2.75) is 26.3 Å². The van der Waals surface area contributed by atoms with Crippen molar-refractivity contribution in [3.05, 3.63) is 23.8 Å². The molecule has 0 amide bonds. The minimum absolute atomic E-state index is 0.208. The molecule has 0 bridgehead atoms. The Bertz CT molecular complexity index is 394. The molecule has 0 heterocycles. The Hall–Kier alpha value is -1.26. The lowest BCUT2D eigenvalue weighted by atomic mass is 10.1. The van der Waals surface area contributed by atoms with Crippen LogP contribution in [0.3, 0.4) is 0 Å². The van der Waals surface area contributed by atoms with Gasteiger partial charge in [0, 0.05) is 12.6 Å². The van der Waals surface area contributed by atoms with E-state index in [4.69, 9.17) is 9.47 Å². The average molecular weight is 280 g/mol. The molecule has 0 aromatic heterocycles. The Labute approximate surface area is 123 Å². The van der Waals surface area contributed by atoms with Crippen molar-refractivity contribution in [2.24, 2.45) is 0 Å². The van der Waals surface area contributed by atoms with Gasteiger partial charge >= 0.3 is 0 Å². The van der Waals surface area contributed by atoms with Gasteiger partial charge in [-0.25, -0.2) is 0 Å². The number of benzene rings is 1. The van der Waals surface area contributed by atoms with Crippen LogP contribution in [0.2, 0.25) is 0 Å². The van der Waals surface area contributed by atoms with Crippen LogP contribution in [0.15, 0.2) is 18.2 Å². The van der Waals surface area contributed by atoms with Crippen molar-refractivity contribution in [3.8, 4) is 11.5 Å². The molecule has 0 saturated heterocycles. The minimum atomic E-state index is 0.208. The fraction of sp³-hybridized carbons (Fsp3) is 0.625. The molecule has 4 nitrogen and oxygen atoms in total. The van der Waals surface area contributed by atoms with Crippen LogP contribution in [0.5, 0.6) is 11.5 Å². The molecule has 0 saturated carbocycles. The number of methoxy groups -OCH3 is 1. The van der Waals surface area contributed by atoms with Gasteiger partial charge in [-0.2, -0.15) is 0 Å². The summed E-state index contributed by atoms with van der Waals surface area (Å²) in [6, 6.07) is 6.18. The van der Waals surface area contributed by atoms with Gasteiger partial charge in [0.15, 0.2) is 0 Å². The third kappa shape index (κ3) is 5.02. The van der Waals surface area contributed by atoms with Crippen molar-refractivity contribution < 1.29 is 9.47 Å². The zero-order valence-electron chi connectivity index (χ0n) is 13.4. The van der Waals surface area contributed by atoms with E-state index in [2.05, 4.69) is 38.2 Å². The summed E-state index contributed by atoms with van der Waals surface area (Å²) in [5.41, 5.74) is 1.10. The summed E-state index contributed by atoms with van der Waals surface area (Å²) in [6.45, 7) is 6.90. The van der Waals surface area contributed by atoms with Crippen LogP contribution in [0.4, 0.5) is 0 Å². The number of rotatable bonds is 9. The van der Waals surface area contributed by atoms with Gasteiger partial charge < -0.3 is 19.7 Å². The topological polar surface area (TPSA) is 33.7 Å². The van der Waals surface area contributed by atoms with E-state index in [9.17, 15) is 0 Å². The van der Waals surface area contributed by atoms with Gasteiger partial charge in [0.2, 0.25) is 0 Å². The van der Waals surface area contributed by atoms with E-state index < -0.39 is 0 Å². The molecule has 4 heteroatoms. The van der Waals surface area contributed by atoms with E-state index in [-0.39, 0.29) is 6.04 Å². The normalized spacial score (nSPS) is 12.5. The molecule has 1 rings (SSSR count). The van der Waals surface area contributed by atoms with E-state index >= 15 is 0 Å². The second-order valence-electron chi connectivity index (χ2n) is 5.16. The third-order valence-electron chi connectivity index (χ3n) is 3.20. The summed E-state index contributed by atoms with van der Waals surface area (Å²) in [5.74, 6) is 1.79. The molecule has 0 spiro atoms. The van der Waals surface area contributed by atoms with Gasteiger partial charge in [-0.1, -0.05) is 13.0 Å². The highest BCUT2D eigenvalue weighted by Crippen LogP contribution is 2.33. The first-order valence-electron chi connectivity index (χ1n) is 7.28. The van der Waals surface area contributed by atoms with E-state index in [0.29, 0.717) is 0 Å². The first-order valence-corrected chi connectivity index (χ1v) is 7.28. The Morgan fingerprint density at radius 3 is 2.55 bits per heavy atom. The predicted octanol–water partition coefficient (Wildman–Crippen LogP) is 2.70.